The normalized spacial score (nSPS) is 21.2. The third-order valence-corrected chi connectivity index (χ3v) is 4.11. The van der Waals surface area contributed by atoms with Crippen LogP contribution in [-0.2, 0) is 11.3 Å². The Bertz CT molecular complexity index is 403. The molecule has 0 spiro atoms. The van der Waals surface area contributed by atoms with E-state index in [-0.39, 0.29) is 6.04 Å². The molecule has 0 aliphatic carbocycles. The van der Waals surface area contributed by atoms with Gasteiger partial charge in [0.2, 0.25) is 0 Å². The molecule has 19 heavy (non-hydrogen) atoms. The molecular formula is C12H22BrN5O. The Balaban J connectivity index is 2.18. The second-order valence-electron chi connectivity index (χ2n) is 5.17. The SMILES string of the molecule is CN(C)CCn1ncc(Br)c1C(NN)C1CCOC1. The van der Waals surface area contributed by atoms with Crippen molar-refractivity contribution in [2.24, 2.45) is 11.8 Å². The lowest BCUT2D eigenvalue weighted by Gasteiger charge is -2.23. The monoisotopic (exact) mass is 331 g/mol. The number of likely N-dealkylation sites (N-methyl/N-ethyl adjacent to an activating group) is 1. The van der Waals surface area contributed by atoms with Gasteiger partial charge in [-0.1, -0.05) is 0 Å². The molecule has 6 nitrogen and oxygen atoms in total. The first-order chi connectivity index (χ1) is 9.13. The highest BCUT2D eigenvalue weighted by Gasteiger charge is 2.30. The molecule has 1 aromatic rings. The van der Waals surface area contributed by atoms with E-state index in [1.54, 1.807) is 0 Å². The Morgan fingerprint density at radius 3 is 3.05 bits per heavy atom. The van der Waals surface area contributed by atoms with Gasteiger partial charge >= 0.3 is 0 Å². The fourth-order valence-electron chi connectivity index (χ4n) is 2.41. The smallest absolute Gasteiger partial charge is 0.0713 e. The number of halogens is 1. The molecule has 0 bridgehead atoms. The Morgan fingerprint density at radius 1 is 1.68 bits per heavy atom. The number of nitrogens with two attached hydrogens (primary N) is 1. The van der Waals surface area contributed by atoms with Crippen LogP contribution in [0.25, 0.3) is 0 Å². The number of ether oxygens (including phenoxy) is 1. The molecule has 3 N–H and O–H groups in total. The highest BCUT2D eigenvalue weighted by Crippen LogP contribution is 2.32. The van der Waals surface area contributed by atoms with E-state index in [9.17, 15) is 0 Å². The fraction of sp³-hybridized carbons (Fsp3) is 0.750. The van der Waals surface area contributed by atoms with Crippen molar-refractivity contribution in [2.45, 2.75) is 19.0 Å². The van der Waals surface area contributed by atoms with Crippen LogP contribution in [0.4, 0.5) is 0 Å². The van der Waals surface area contributed by atoms with E-state index in [0.717, 1.165) is 42.9 Å². The van der Waals surface area contributed by atoms with Crippen LogP contribution in [0.1, 0.15) is 18.2 Å². The van der Waals surface area contributed by atoms with Crippen molar-refractivity contribution < 1.29 is 4.74 Å². The molecule has 1 aromatic heterocycles. The molecule has 2 atom stereocenters. The van der Waals surface area contributed by atoms with Gasteiger partial charge in [-0.05, 0) is 36.4 Å². The average Bonchev–Trinajstić information content (AvgIpc) is 3.00. The van der Waals surface area contributed by atoms with Crippen molar-refractivity contribution in [3.05, 3.63) is 16.4 Å². The first kappa shape index (κ1) is 14.9. The number of hydrazine groups is 1. The Kier molecular flexibility index (Phi) is 5.35. The number of nitrogens with one attached hydrogen (secondary N) is 1. The van der Waals surface area contributed by atoms with Gasteiger partial charge in [-0.15, -0.1) is 0 Å². The van der Waals surface area contributed by atoms with E-state index >= 15 is 0 Å². The maximum absolute atomic E-state index is 5.76. The maximum Gasteiger partial charge on any atom is 0.0713 e. The van der Waals surface area contributed by atoms with Gasteiger partial charge in [-0.2, -0.15) is 5.10 Å². The zero-order valence-corrected chi connectivity index (χ0v) is 13.1. The summed E-state index contributed by atoms with van der Waals surface area (Å²) in [6.45, 7) is 3.35. The highest BCUT2D eigenvalue weighted by atomic mass is 79.9. The van der Waals surface area contributed by atoms with Crippen molar-refractivity contribution in [3.63, 3.8) is 0 Å². The van der Waals surface area contributed by atoms with Gasteiger partial charge in [-0.3, -0.25) is 16.0 Å². The third-order valence-electron chi connectivity index (χ3n) is 3.50. The summed E-state index contributed by atoms with van der Waals surface area (Å²) >= 11 is 3.58. The lowest BCUT2D eigenvalue weighted by atomic mass is 9.96. The summed E-state index contributed by atoms with van der Waals surface area (Å²) in [6, 6.07) is 0.0709. The largest absolute Gasteiger partial charge is 0.381 e. The van der Waals surface area contributed by atoms with Crippen LogP contribution >= 0.6 is 15.9 Å². The fourth-order valence-corrected chi connectivity index (χ4v) is 2.95. The van der Waals surface area contributed by atoms with Crippen LogP contribution in [-0.4, -0.2) is 48.5 Å². The minimum atomic E-state index is 0.0709. The van der Waals surface area contributed by atoms with Gasteiger partial charge in [0.15, 0.2) is 0 Å². The summed E-state index contributed by atoms with van der Waals surface area (Å²) in [5, 5.41) is 4.43. The summed E-state index contributed by atoms with van der Waals surface area (Å²) in [5.41, 5.74) is 4.04. The molecule has 2 heterocycles. The molecule has 1 aliphatic rings. The van der Waals surface area contributed by atoms with Crippen LogP contribution in [0, 0.1) is 5.92 Å². The lowest BCUT2D eigenvalue weighted by Crippen LogP contribution is -2.36. The van der Waals surface area contributed by atoms with E-state index in [1.807, 2.05) is 10.9 Å². The summed E-state index contributed by atoms with van der Waals surface area (Å²) in [5.74, 6) is 6.16. The molecule has 0 amide bonds. The van der Waals surface area contributed by atoms with Gasteiger partial charge in [0.1, 0.15) is 0 Å². The van der Waals surface area contributed by atoms with E-state index < -0.39 is 0 Å². The Labute approximate surface area is 122 Å². The molecule has 0 radical (unpaired) electrons. The Hall–Kier alpha value is -0.470. The zero-order valence-electron chi connectivity index (χ0n) is 11.5. The van der Waals surface area contributed by atoms with Gasteiger partial charge < -0.3 is 9.64 Å². The molecule has 108 valence electrons. The summed E-state index contributed by atoms with van der Waals surface area (Å²) in [7, 11) is 4.11. The first-order valence-corrected chi connectivity index (χ1v) is 7.32. The lowest BCUT2D eigenvalue weighted by molar-refractivity contribution is 0.175. The van der Waals surface area contributed by atoms with Gasteiger partial charge in [0.05, 0.1) is 35.6 Å². The van der Waals surface area contributed by atoms with Crippen molar-refractivity contribution >= 4 is 15.9 Å². The molecule has 0 aromatic carbocycles. The zero-order chi connectivity index (χ0) is 13.8. The minimum Gasteiger partial charge on any atom is -0.381 e. The van der Waals surface area contributed by atoms with Crippen molar-refractivity contribution in [1.29, 1.82) is 0 Å². The van der Waals surface area contributed by atoms with Crippen molar-refractivity contribution in [1.82, 2.24) is 20.1 Å². The van der Waals surface area contributed by atoms with Crippen LogP contribution in [0.5, 0.6) is 0 Å². The van der Waals surface area contributed by atoms with Crippen LogP contribution in [0.15, 0.2) is 10.7 Å². The molecule has 7 heteroatoms. The van der Waals surface area contributed by atoms with Crippen molar-refractivity contribution in [3.8, 4) is 0 Å². The molecule has 1 fully saturated rings. The van der Waals surface area contributed by atoms with E-state index in [4.69, 9.17) is 10.6 Å². The minimum absolute atomic E-state index is 0.0709. The molecule has 0 saturated carbocycles. The summed E-state index contributed by atoms with van der Waals surface area (Å²) in [4.78, 5) is 2.14. The number of aromatic nitrogens is 2. The van der Waals surface area contributed by atoms with E-state index in [2.05, 4.69) is 45.4 Å². The number of rotatable bonds is 6. The number of nitrogens with zero attached hydrogens (tertiary/aromatic N) is 3. The van der Waals surface area contributed by atoms with E-state index in [1.165, 1.54) is 0 Å². The van der Waals surface area contributed by atoms with Gasteiger partial charge in [0.25, 0.3) is 0 Å². The number of hydrogen-bond acceptors (Lipinski definition) is 5. The topological polar surface area (TPSA) is 68.3 Å². The van der Waals surface area contributed by atoms with Gasteiger partial charge in [-0.25, -0.2) is 0 Å². The first-order valence-electron chi connectivity index (χ1n) is 6.53. The average molecular weight is 332 g/mol. The second kappa shape index (κ2) is 6.81. The van der Waals surface area contributed by atoms with Gasteiger partial charge in [0, 0.05) is 19.1 Å². The van der Waals surface area contributed by atoms with Crippen LogP contribution in [0.2, 0.25) is 0 Å². The highest BCUT2D eigenvalue weighted by molar-refractivity contribution is 9.10. The predicted molar refractivity (Wildman–Crippen MR) is 77.5 cm³/mol. The molecule has 1 aliphatic heterocycles. The molecular weight excluding hydrogens is 310 g/mol. The second-order valence-corrected chi connectivity index (χ2v) is 6.03. The molecule has 2 unspecified atom stereocenters. The van der Waals surface area contributed by atoms with Crippen LogP contribution < -0.4 is 11.3 Å². The predicted octanol–water partition coefficient (Wildman–Crippen LogP) is 0.748. The third kappa shape index (κ3) is 3.55. The number of hydrogen-bond donors (Lipinski definition) is 2. The molecule has 1 saturated heterocycles. The molecule has 2 rings (SSSR count). The van der Waals surface area contributed by atoms with E-state index in [0.29, 0.717) is 5.92 Å². The summed E-state index contributed by atoms with van der Waals surface area (Å²) < 4.78 is 8.49. The van der Waals surface area contributed by atoms with Crippen molar-refractivity contribution in [2.75, 3.05) is 33.9 Å². The van der Waals surface area contributed by atoms with Crippen LogP contribution in [0.3, 0.4) is 0 Å². The summed E-state index contributed by atoms with van der Waals surface area (Å²) in [6.07, 6.45) is 2.87. The maximum atomic E-state index is 5.76. The Morgan fingerprint density at radius 2 is 2.47 bits per heavy atom. The standard InChI is InChI=1S/C12H22BrN5O/c1-17(2)4-5-18-12(10(13)7-15-18)11(16-14)9-3-6-19-8-9/h7,9,11,16H,3-6,8,14H2,1-2H3. The quantitative estimate of drug-likeness (QED) is 0.594.